The summed E-state index contributed by atoms with van der Waals surface area (Å²) in [7, 11) is 0. The van der Waals surface area contributed by atoms with Crippen molar-refractivity contribution in [1.82, 2.24) is 25.0 Å². The Bertz CT molecular complexity index is 2580. The number of hydrogen-bond donors (Lipinski definition) is 3. The summed E-state index contributed by atoms with van der Waals surface area (Å²) in [6.45, 7) is 6.91. The van der Waals surface area contributed by atoms with Gasteiger partial charge in [0.05, 0.1) is 37.6 Å². The van der Waals surface area contributed by atoms with Gasteiger partial charge in [0.1, 0.15) is 12.1 Å². The fourth-order valence-electron chi connectivity index (χ4n) is 8.81. The van der Waals surface area contributed by atoms with Gasteiger partial charge < -0.3 is 24.6 Å². The zero-order valence-corrected chi connectivity index (χ0v) is 36.4. The number of imide groups is 2. The summed E-state index contributed by atoms with van der Waals surface area (Å²) in [5.41, 5.74) is 6.24. The summed E-state index contributed by atoms with van der Waals surface area (Å²) in [6.07, 6.45) is 1.80. The highest BCUT2D eigenvalue weighted by atomic mass is 32.1. The number of rotatable bonds is 17. The van der Waals surface area contributed by atoms with Crippen molar-refractivity contribution in [3.05, 3.63) is 130 Å². The summed E-state index contributed by atoms with van der Waals surface area (Å²) in [5, 5.41) is 10.6. The van der Waals surface area contributed by atoms with Crippen molar-refractivity contribution in [2.24, 2.45) is 0 Å². The van der Waals surface area contributed by atoms with Crippen LogP contribution < -0.4 is 20.9 Å². The van der Waals surface area contributed by atoms with Crippen LogP contribution in [0.2, 0.25) is 0 Å². The number of hydrogen-bond acceptors (Lipinski definition) is 13. The lowest BCUT2D eigenvalue weighted by atomic mass is 10.00. The molecule has 2 saturated heterocycles. The van der Waals surface area contributed by atoms with Crippen LogP contribution in [0.3, 0.4) is 0 Å². The number of aromatic nitrogens is 1. The molecular formula is C48H48N8O8S. The van der Waals surface area contributed by atoms with Gasteiger partial charge in [-0.3, -0.25) is 49.2 Å². The van der Waals surface area contributed by atoms with E-state index in [2.05, 4.69) is 55.0 Å². The molecule has 334 valence electrons. The lowest BCUT2D eigenvalue weighted by molar-refractivity contribution is -0.136. The normalized spacial score (nSPS) is 17.9. The molecule has 3 N–H and O–H groups in total. The molecule has 17 heteroatoms. The maximum absolute atomic E-state index is 13.9. The lowest BCUT2D eigenvalue weighted by Gasteiger charge is -2.36. The van der Waals surface area contributed by atoms with Crippen molar-refractivity contribution in [2.45, 2.75) is 31.5 Å². The van der Waals surface area contributed by atoms with E-state index in [1.807, 2.05) is 48.5 Å². The van der Waals surface area contributed by atoms with Crippen LogP contribution in [0.25, 0.3) is 11.1 Å². The van der Waals surface area contributed by atoms with Crippen molar-refractivity contribution in [2.75, 3.05) is 81.2 Å². The van der Waals surface area contributed by atoms with Gasteiger partial charge in [-0.05, 0) is 59.0 Å². The first-order valence-corrected chi connectivity index (χ1v) is 22.6. The Labute approximate surface area is 379 Å². The molecule has 5 heterocycles. The molecule has 16 nitrogen and oxygen atoms in total. The number of anilines is 3. The Morgan fingerprint density at radius 2 is 1.57 bits per heavy atom. The van der Waals surface area contributed by atoms with Gasteiger partial charge in [0, 0.05) is 80.7 Å². The van der Waals surface area contributed by atoms with Crippen LogP contribution in [0.1, 0.15) is 61.1 Å². The number of carbonyl (C=O) groups excluding carboxylic acids is 6. The van der Waals surface area contributed by atoms with E-state index in [4.69, 9.17) is 9.47 Å². The fraction of sp³-hybridized carbons (Fsp3) is 0.312. The minimum Gasteiger partial charge on any atom is -0.382 e. The molecule has 5 aromatic rings. The second-order valence-electron chi connectivity index (χ2n) is 16.1. The predicted molar refractivity (Wildman–Crippen MR) is 244 cm³/mol. The smallest absolute Gasteiger partial charge is 0.264 e. The molecule has 1 unspecified atom stereocenters. The van der Waals surface area contributed by atoms with Crippen LogP contribution in [0.5, 0.6) is 0 Å². The number of piperazine rings is 1. The average molecular weight is 897 g/mol. The number of benzene rings is 4. The van der Waals surface area contributed by atoms with Gasteiger partial charge in [-0.15, -0.1) is 11.3 Å². The average Bonchev–Trinajstić information content (AvgIpc) is 4.02. The second kappa shape index (κ2) is 19.5. The highest BCUT2D eigenvalue weighted by Crippen LogP contribution is 2.36. The van der Waals surface area contributed by atoms with E-state index in [1.165, 1.54) is 11.3 Å². The third kappa shape index (κ3) is 9.40. The third-order valence-corrected chi connectivity index (χ3v) is 12.9. The minimum atomic E-state index is -1.02. The third-order valence-electron chi connectivity index (χ3n) is 12.2. The van der Waals surface area contributed by atoms with Crippen LogP contribution in [0.4, 0.5) is 16.5 Å². The van der Waals surface area contributed by atoms with E-state index in [9.17, 15) is 28.8 Å². The number of carbonyl (C=O) groups is 6. The fourth-order valence-corrected chi connectivity index (χ4v) is 9.34. The molecule has 1 aromatic heterocycles. The Morgan fingerprint density at radius 1 is 0.800 bits per heavy atom. The molecule has 2 fully saturated rings. The van der Waals surface area contributed by atoms with Gasteiger partial charge in [0.15, 0.2) is 5.13 Å². The number of ether oxygens (including phenoxy) is 2. The van der Waals surface area contributed by atoms with Crippen molar-refractivity contribution in [3.63, 3.8) is 0 Å². The molecule has 9 rings (SSSR count). The summed E-state index contributed by atoms with van der Waals surface area (Å²) in [6, 6.07) is 26.9. The standard InChI is InChI=1S/C48H48N8O8S/c57-40-16-15-39(43(58)51-40)56-46(61)36-7-4-8-38(41(36)47(56)62)49-17-24-63-26-27-64-25-23-53-19-21-54(22-20-53)35-13-11-31(12-14-35)33-9-10-34-30-55(45(60)37(34)29-33)42(32-5-2-1-3-6-32)44(59)52-48-50-18-28-65-48/h1-14,18,28-29,39,42,49H,15-17,19-27,30H2,(H,50,52,59)(H,51,57,58)/t39-,42?/m1/s1. The minimum absolute atomic E-state index is 0.0640. The first kappa shape index (κ1) is 43.5. The Morgan fingerprint density at radius 3 is 2.32 bits per heavy atom. The molecule has 65 heavy (non-hydrogen) atoms. The Hall–Kier alpha value is -6.79. The van der Waals surface area contributed by atoms with Gasteiger partial charge in [-0.1, -0.05) is 60.7 Å². The van der Waals surface area contributed by atoms with Crippen LogP contribution in [-0.4, -0.2) is 127 Å². The SMILES string of the molecule is O=C1CC[C@@H](N2C(=O)c3cccc(NCCOCCOCCN4CCN(c5ccc(-c6ccc7c(c6)C(=O)N(C(C(=O)Nc6nccs6)c6ccccc6)C7)cc5)CC4)c3C2=O)C(=O)N1. The summed E-state index contributed by atoms with van der Waals surface area (Å²) in [5.74, 6) is -2.64. The van der Waals surface area contributed by atoms with E-state index in [-0.39, 0.29) is 35.8 Å². The first-order valence-electron chi connectivity index (χ1n) is 21.7. The zero-order chi connectivity index (χ0) is 44.9. The molecular weight excluding hydrogens is 849 g/mol. The number of thiazole rings is 1. The van der Waals surface area contributed by atoms with E-state index in [0.29, 0.717) is 55.9 Å². The lowest BCUT2D eigenvalue weighted by Crippen LogP contribution is -2.54. The van der Waals surface area contributed by atoms with Crippen molar-refractivity contribution in [1.29, 1.82) is 0 Å². The van der Waals surface area contributed by atoms with E-state index >= 15 is 0 Å². The molecule has 2 atom stereocenters. The molecule has 4 aliphatic heterocycles. The number of amides is 6. The maximum Gasteiger partial charge on any atom is 0.264 e. The quantitative estimate of drug-likeness (QED) is 0.0857. The van der Waals surface area contributed by atoms with Gasteiger partial charge in [-0.2, -0.15) is 0 Å². The molecule has 0 aliphatic carbocycles. The molecule has 6 amide bonds. The molecule has 0 bridgehead atoms. The predicted octanol–water partition coefficient (Wildman–Crippen LogP) is 4.81. The van der Waals surface area contributed by atoms with Crippen molar-refractivity contribution >= 4 is 63.3 Å². The van der Waals surface area contributed by atoms with Gasteiger partial charge in [-0.25, -0.2) is 4.98 Å². The van der Waals surface area contributed by atoms with Crippen LogP contribution in [0, 0.1) is 0 Å². The monoisotopic (exact) mass is 896 g/mol. The maximum atomic E-state index is 13.9. The van der Waals surface area contributed by atoms with Crippen molar-refractivity contribution in [3.8, 4) is 11.1 Å². The van der Waals surface area contributed by atoms with Gasteiger partial charge in [0.25, 0.3) is 23.6 Å². The van der Waals surface area contributed by atoms with Gasteiger partial charge >= 0.3 is 0 Å². The number of piperidine rings is 1. The number of nitrogens with one attached hydrogen (secondary N) is 3. The molecule has 0 radical (unpaired) electrons. The van der Waals surface area contributed by atoms with Gasteiger partial charge in [0.2, 0.25) is 11.8 Å². The molecule has 4 aliphatic rings. The molecule has 4 aromatic carbocycles. The van der Waals surface area contributed by atoms with E-state index < -0.39 is 35.7 Å². The highest BCUT2D eigenvalue weighted by Gasteiger charge is 2.45. The Kier molecular flexibility index (Phi) is 13.1. The molecule has 0 spiro atoms. The zero-order valence-electron chi connectivity index (χ0n) is 35.6. The van der Waals surface area contributed by atoms with E-state index in [1.54, 1.807) is 34.7 Å². The summed E-state index contributed by atoms with van der Waals surface area (Å²) in [4.78, 5) is 89.5. The van der Waals surface area contributed by atoms with Crippen LogP contribution in [-0.2, 0) is 30.4 Å². The summed E-state index contributed by atoms with van der Waals surface area (Å²) >= 11 is 1.33. The largest absolute Gasteiger partial charge is 0.382 e. The van der Waals surface area contributed by atoms with Crippen molar-refractivity contribution < 1.29 is 38.2 Å². The van der Waals surface area contributed by atoms with Crippen LogP contribution >= 0.6 is 11.3 Å². The second-order valence-corrected chi connectivity index (χ2v) is 17.0. The topological polar surface area (TPSA) is 183 Å². The number of nitrogens with zero attached hydrogens (tertiary/aromatic N) is 5. The molecule has 0 saturated carbocycles. The summed E-state index contributed by atoms with van der Waals surface area (Å²) < 4.78 is 11.6. The van der Waals surface area contributed by atoms with E-state index in [0.717, 1.165) is 65.6 Å². The van der Waals surface area contributed by atoms with Crippen LogP contribution in [0.15, 0.2) is 103 Å². The first-order chi connectivity index (χ1) is 31.7. The highest BCUT2D eigenvalue weighted by molar-refractivity contribution is 7.13. The number of fused-ring (bicyclic) bond motifs is 2. The Balaban J connectivity index is 0.686.